The second kappa shape index (κ2) is 5.78. The summed E-state index contributed by atoms with van der Waals surface area (Å²) >= 11 is 1.89. The highest BCUT2D eigenvalue weighted by molar-refractivity contribution is 7.99. The van der Waals surface area contributed by atoms with Gasteiger partial charge in [-0.2, -0.15) is 0 Å². The van der Waals surface area contributed by atoms with E-state index in [1.807, 2.05) is 23.9 Å². The maximum Gasteiger partial charge on any atom is 0.115 e. The first-order chi connectivity index (χ1) is 8.29. The van der Waals surface area contributed by atoms with E-state index in [1.54, 1.807) is 12.1 Å². The van der Waals surface area contributed by atoms with Crippen LogP contribution in [-0.2, 0) is 0 Å². The number of benzene rings is 2. The first kappa shape index (κ1) is 12.1. The molecule has 88 valence electrons. The minimum atomic E-state index is 0.309. The second-order valence-corrected chi connectivity index (χ2v) is 5.09. The van der Waals surface area contributed by atoms with Crippen molar-refractivity contribution in [2.75, 3.05) is 5.75 Å². The van der Waals surface area contributed by atoms with Crippen LogP contribution in [0.15, 0.2) is 53.4 Å². The molecule has 2 aromatic carbocycles. The van der Waals surface area contributed by atoms with E-state index >= 15 is 0 Å². The summed E-state index contributed by atoms with van der Waals surface area (Å²) in [4.78, 5) is 1.31. The average Bonchev–Trinajstić information content (AvgIpc) is 2.38. The lowest BCUT2D eigenvalue weighted by Crippen LogP contribution is -1.79. The van der Waals surface area contributed by atoms with Crippen molar-refractivity contribution in [1.82, 2.24) is 0 Å². The summed E-state index contributed by atoms with van der Waals surface area (Å²) in [6.45, 7) is 2.19. The Kier molecular flexibility index (Phi) is 4.10. The van der Waals surface area contributed by atoms with Crippen LogP contribution in [0.1, 0.15) is 13.3 Å². The number of hydrogen-bond acceptors (Lipinski definition) is 2. The van der Waals surface area contributed by atoms with Gasteiger partial charge in [-0.1, -0.05) is 31.2 Å². The predicted molar refractivity (Wildman–Crippen MR) is 74.6 cm³/mol. The second-order valence-electron chi connectivity index (χ2n) is 3.92. The van der Waals surface area contributed by atoms with Crippen LogP contribution < -0.4 is 0 Å². The third-order valence-electron chi connectivity index (χ3n) is 2.53. The molecule has 0 radical (unpaired) electrons. The molecule has 2 aromatic rings. The molecule has 0 spiro atoms. The molecule has 0 aliphatic carbocycles. The van der Waals surface area contributed by atoms with Gasteiger partial charge in [-0.3, -0.25) is 0 Å². The maximum atomic E-state index is 9.24. The standard InChI is InChI=1S/C15H16OS/c1-2-11-17-15-9-5-13(6-10-15)12-3-7-14(16)8-4-12/h3-10,16H,2,11H2,1H3. The van der Waals surface area contributed by atoms with Crippen LogP contribution in [0.2, 0.25) is 0 Å². The van der Waals surface area contributed by atoms with Crippen molar-refractivity contribution < 1.29 is 5.11 Å². The molecule has 0 saturated heterocycles. The van der Waals surface area contributed by atoms with Gasteiger partial charge in [0.2, 0.25) is 0 Å². The summed E-state index contributed by atoms with van der Waals surface area (Å²) in [7, 11) is 0. The molecule has 2 heteroatoms. The molecule has 0 bridgehead atoms. The summed E-state index contributed by atoms with van der Waals surface area (Å²) in [6.07, 6.45) is 1.20. The fourth-order valence-corrected chi connectivity index (χ4v) is 2.39. The van der Waals surface area contributed by atoms with Crippen molar-refractivity contribution in [3.05, 3.63) is 48.5 Å². The lowest BCUT2D eigenvalue weighted by atomic mass is 10.1. The number of hydrogen-bond donors (Lipinski definition) is 1. The first-order valence-corrected chi connectivity index (χ1v) is 6.80. The summed E-state index contributed by atoms with van der Waals surface area (Å²) < 4.78 is 0. The number of rotatable bonds is 4. The Balaban J connectivity index is 2.14. The molecule has 2 rings (SSSR count). The molecule has 1 N–H and O–H groups in total. The third-order valence-corrected chi connectivity index (χ3v) is 3.75. The zero-order valence-electron chi connectivity index (χ0n) is 9.89. The van der Waals surface area contributed by atoms with Gasteiger partial charge >= 0.3 is 0 Å². The van der Waals surface area contributed by atoms with E-state index in [0.717, 1.165) is 5.56 Å². The lowest BCUT2D eigenvalue weighted by Gasteiger charge is -2.04. The van der Waals surface area contributed by atoms with Crippen LogP contribution >= 0.6 is 11.8 Å². The Morgan fingerprint density at radius 3 is 1.94 bits per heavy atom. The maximum absolute atomic E-state index is 9.24. The highest BCUT2D eigenvalue weighted by atomic mass is 32.2. The molecular formula is C15H16OS. The quantitative estimate of drug-likeness (QED) is 0.795. The zero-order chi connectivity index (χ0) is 12.1. The Labute approximate surface area is 107 Å². The van der Waals surface area contributed by atoms with E-state index < -0.39 is 0 Å². The van der Waals surface area contributed by atoms with Gasteiger partial charge in [-0.15, -0.1) is 11.8 Å². The fourth-order valence-electron chi connectivity index (χ4n) is 1.62. The predicted octanol–water partition coefficient (Wildman–Crippen LogP) is 4.56. The Bertz CT molecular complexity index is 459. The summed E-state index contributed by atoms with van der Waals surface area (Å²) in [5.74, 6) is 1.47. The van der Waals surface area contributed by atoms with Crippen LogP contribution in [-0.4, -0.2) is 10.9 Å². The third kappa shape index (κ3) is 3.27. The number of thioether (sulfide) groups is 1. The van der Waals surface area contributed by atoms with Gasteiger partial charge < -0.3 is 5.11 Å². The summed E-state index contributed by atoms with van der Waals surface area (Å²) in [6, 6.07) is 15.9. The highest BCUT2D eigenvalue weighted by Crippen LogP contribution is 2.25. The van der Waals surface area contributed by atoms with Crippen molar-refractivity contribution in [3.8, 4) is 16.9 Å². The topological polar surface area (TPSA) is 20.2 Å². The molecule has 17 heavy (non-hydrogen) atoms. The highest BCUT2D eigenvalue weighted by Gasteiger charge is 1.98. The number of aromatic hydroxyl groups is 1. The van der Waals surface area contributed by atoms with Crippen molar-refractivity contribution >= 4 is 11.8 Å². The molecular weight excluding hydrogens is 228 g/mol. The largest absolute Gasteiger partial charge is 0.508 e. The molecule has 0 saturated carbocycles. The average molecular weight is 244 g/mol. The van der Waals surface area contributed by atoms with Gasteiger partial charge in [0.05, 0.1) is 0 Å². The number of phenols is 1. The van der Waals surface area contributed by atoms with Crippen LogP contribution in [0, 0.1) is 0 Å². The lowest BCUT2D eigenvalue weighted by molar-refractivity contribution is 0.475. The molecule has 1 nitrogen and oxygen atoms in total. The van der Waals surface area contributed by atoms with Gasteiger partial charge in [0.1, 0.15) is 5.75 Å². The van der Waals surface area contributed by atoms with E-state index in [1.165, 1.54) is 22.6 Å². The molecule has 0 unspecified atom stereocenters. The molecule has 0 amide bonds. The van der Waals surface area contributed by atoms with Gasteiger partial charge in [-0.05, 0) is 47.6 Å². The zero-order valence-corrected chi connectivity index (χ0v) is 10.7. The van der Waals surface area contributed by atoms with Crippen molar-refractivity contribution in [2.24, 2.45) is 0 Å². The van der Waals surface area contributed by atoms with E-state index in [9.17, 15) is 5.11 Å². The van der Waals surface area contributed by atoms with E-state index in [4.69, 9.17) is 0 Å². The molecule has 0 atom stereocenters. The van der Waals surface area contributed by atoms with Gasteiger partial charge in [-0.25, -0.2) is 0 Å². The van der Waals surface area contributed by atoms with E-state index in [0.29, 0.717) is 5.75 Å². The molecule has 0 fully saturated rings. The Morgan fingerprint density at radius 1 is 0.882 bits per heavy atom. The van der Waals surface area contributed by atoms with Gasteiger partial charge in [0.15, 0.2) is 0 Å². The summed E-state index contributed by atoms with van der Waals surface area (Å²) in [5.41, 5.74) is 2.32. The molecule has 0 aromatic heterocycles. The van der Waals surface area contributed by atoms with E-state index in [2.05, 4.69) is 31.2 Å². The Morgan fingerprint density at radius 2 is 1.41 bits per heavy atom. The first-order valence-electron chi connectivity index (χ1n) is 5.82. The van der Waals surface area contributed by atoms with Crippen molar-refractivity contribution in [1.29, 1.82) is 0 Å². The van der Waals surface area contributed by atoms with Gasteiger partial charge in [0.25, 0.3) is 0 Å². The Hall–Kier alpha value is -1.41. The minimum Gasteiger partial charge on any atom is -0.508 e. The minimum absolute atomic E-state index is 0.309. The molecule has 0 aliphatic heterocycles. The monoisotopic (exact) mass is 244 g/mol. The molecule has 0 aliphatic rings. The number of phenolic OH excluding ortho intramolecular Hbond substituents is 1. The van der Waals surface area contributed by atoms with Crippen LogP contribution in [0.5, 0.6) is 5.75 Å². The van der Waals surface area contributed by atoms with Crippen LogP contribution in [0.3, 0.4) is 0 Å². The van der Waals surface area contributed by atoms with Crippen LogP contribution in [0.25, 0.3) is 11.1 Å². The van der Waals surface area contributed by atoms with Gasteiger partial charge in [0, 0.05) is 4.90 Å². The van der Waals surface area contributed by atoms with Crippen molar-refractivity contribution in [2.45, 2.75) is 18.2 Å². The summed E-state index contributed by atoms with van der Waals surface area (Å²) in [5, 5.41) is 9.24. The van der Waals surface area contributed by atoms with E-state index in [-0.39, 0.29) is 0 Å². The fraction of sp³-hybridized carbons (Fsp3) is 0.200. The smallest absolute Gasteiger partial charge is 0.115 e. The normalized spacial score (nSPS) is 10.4. The molecule has 0 heterocycles. The van der Waals surface area contributed by atoms with Crippen LogP contribution in [0.4, 0.5) is 0 Å². The van der Waals surface area contributed by atoms with Crippen molar-refractivity contribution in [3.63, 3.8) is 0 Å². The SMILES string of the molecule is CCCSc1ccc(-c2ccc(O)cc2)cc1.